The number of thiazole rings is 1. The van der Waals surface area contributed by atoms with Crippen molar-refractivity contribution in [3.63, 3.8) is 0 Å². The third-order valence-corrected chi connectivity index (χ3v) is 3.79. The minimum absolute atomic E-state index is 0.715. The second-order valence-corrected chi connectivity index (χ2v) is 4.70. The molecule has 0 aliphatic heterocycles. The molecule has 0 aliphatic carbocycles. The SMILES string of the molecule is COc1nc(-c2ccc(C)c(C)c2C)cs1. The predicted molar refractivity (Wildman–Crippen MR) is 68.3 cm³/mol. The summed E-state index contributed by atoms with van der Waals surface area (Å²) < 4.78 is 5.12. The van der Waals surface area contributed by atoms with Crippen LogP contribution in [-0.2, 0) is 0 Å². The molecule has 0 saturated heterocycles. The number of aryl methyl sites for hydroxylation is 1. The Bertz CT molecular complexity index is 517. The van der Waals surface area contributed by atoms with Gasteiger partial charge >= 0.3 is 0 Å². The lowest BCUT2D eigenvalue weighted by Gasteiger charge is -2.08. The third kappa shape index (κ3) is 1.83. The molecule has 16 heavy (non-hydrogen) atoms. The van der Waals surface area contributed by atoms with Crippen molar-refractivity contribution in [2.45, 2.75) is 20.8 Å². The molecule has 84 valence electrons. The first kappa shape index (κ1) is 11.1. The highest BCUT2D eigenvalue weighted by Crippen LogP contribution is 2.30. The molecular weight excluding hydrogens is 218 g/mol. The lowest BCUT2D eigenvalue weighted by molar-refractivity contribution is 0.412. The van der Waals surface area contributed by atoms with Crippen LogP contribution in [0.4, 0.5) is 0 Å². The minimum Gasteiger partial charge on any atom is -0.473 e. The molecule has 0 atom stereocenters. The highest BCUT2D eigenvalue weighted by atomic mass is 32.1. The largest absolute Gasteiger partial charge is 0.473 e. The standard InChI is InChI=1S/C13H15NOS/c1-8-5-6-11(10(3)9(8)2)12-7-16-13(14-12)15-4/h5-7H,1-4H3. The minimum atomic E-state index is 0.715. The second-order valence-electron chi connectivity index (χ2n) is 3.88. The van der Waals surface area contributed by atoms with E-state index < -0.39 is 0 Å². The maximum atomic E-state index is 5.12. The van der Waals surface area contributed by atoms with Gasteiger partial charge in [0.05, 0.1) is 12.8 Å². The Labute approximate surface area is 99.9 Å². The van der Waals surface area contributed by atoms with Crippen molar-refractivity contribution in [2.75, 3.05) is 7.11 Å². The zero-order chi connectivity index (χ0) is 11.7. The number of nitrogens with zero attached hydrogens (tertiary/aromatic N) is 1. The van der Waals surface area contributed by atoms with Gasteiger partial charge < -0.3 is 4.74 Å². The summed E-state index contributed by atoms with van der Waals surface area (Å²) in [7, 11) is 1.65. The van der Waals surface area contributed by atoms with E-state index in [0.717, 1.165) is 5.69 Å². The Morgan fingerprint density at radius 1 is 1.12 bits per heavy atom. The summed E-state index contributed by atoms with van der Waals surface area (Å²) in [6.07, 6.45) is 0. The molecule has 2 nitrogen and oxygen atoms in total. The van der Waals surface area contributed by atoms with Gasteiger partial charge in [0.25, 0.3) is 5.19 Å². The number of ether oxygens (including phenoxy) is 1. The highest BCUT2D eigenvalue weighted by Gasteiger charge is 2.09. The molecule has 0 spiro atoms. The van der Waals surface area contributed by atoms with Crippen LogP contribution in [0, 0.1) is 20.8 Å². The van der Waals surface area contributed by atoms with Crippen LogP contribution in [-0.4, -0.2) is 12.1 Å². The van der Waals surface area contributed by atoms with Crippen molar-refractivity contribution in [3.05, 3.63) is 34.2 Å². The fourth-order valence-electron chi connectivity index (χ4n) is 1.71. The smallest absolute Gasteiger partial charge is 0.273 e. The molecule has 3 heteroatoms. The van der Waals surface area contributed by atoms with Crippen molar-refractivity contribution < 1.29 is 4.74 Å². The molecular formula is C13H15NOS. The van der Waals surface area contributed by atoms with Crippen LogP contribution in [0.25, 0.3) is 11.3 Å². The molecule has 0 unspecified atom stereocenters. The molecule has 0 saturated carbocycles. The molecule has 1 heterocycles. The summed E-state index contributed by atoms with van der Waals surface area (Å²) in [6.45, 7) is 6.43. The monoisotopic (exact) mass is 233 g/mol. The number of benzene rings is 1. The Kier molecular flexibility index (Phi) is 2.97. The molecule has 1 aromatic carbocycles. The molecule has 1 aromatic heterocycles. The van der Waals surface area contributed by atoms with Crippen molar-refractivity contribution >= 4 is 11.3 Å². The first-order chi connectivity index (χ1) is 7.63. The average Bonchev–Trinajstić information content (AvgIpc) is 2.74. The lowest BCUT2D eigenvalue weighted by Crippen LogP contribution is -1.91. The Hall–Kier alpha value is -1.35. The van der Waals surface area contributed by atoms with Gasteiger partial charge in [0.1, 0.15) is 0 Å². The first-order valence-corrected chi connectivity index (χ1v) is 6.08. The summed E-state index contributed by atoms with van der Waals surface area (Å²) in [5.41, 5.74) is 6.16. The number of hydrogen-bond donors (Lipinski definition) is 0. The van der Waals surface area contributed by atoms with Gasteiger partial charge in [-0.25, -0.2) is 4.98 Å². The van der Waals surface area contributed by atoms with Gasteiger partial charge in [-0.2, -0.15) is 0 Å². The normalized spacial score (nSPS) is 10.5. The third-order valence-electron chi connectivity index (χ3n) is 2.99. The van der Waals surface area contributed by atoms with Gasteiger partial charge in [-0.05, 0) is 37.5 Å². The summed E-state index contributed by atoms with van der Waals surface area (Å²) in [4.78, 5) is 4.43. The Balaban J connectivity index is 2.52. The molecule has 0 bridgehead atoms. The van der Waals surface area contributed by atoms with Crippen molar-refractivity contribution in [3.8, 4) is 16.5 Å². The summed E-state index contributed by atoms with van der Waals surface area (Å²) in [5.74, 6) is 0. The first-order valence-electron chi connectivity index (χ1n) is 5.20. The summed E-state index contributed by atoms with van der Waals surface area (Å²) in [6, 6.07) is 4.27. The van der Waals surface area contributed by atoms with Crippen LogP contribution < -0.4 is 4.74 Å². The van der Waals surface area contributed by atoms with E-state index in [2.05, 4.69) is 37.9 Å². The second kappa shape index (κ2) is 4.26. The molecule has 0 amide bonds. The van der Waals surface area contributed by atoms with E-state index in [-0.39, 0.29) is 0 Å². The van der Waals surface area contributed by atoms with E-state index in [1.807, 2.05) is 5.38 Å². The highest BCUT2D eigenvalue weighted by molar-refractivity contribution is 7.11. The predicted octanol–water partition coefficient (Wildman–Crippen LogP) is 3.74. The summed E-state index contributed by atoms with van der Waals surface area (Å²) in [5, 5.41) is 2.75. The topological polar surface area (TPSA) is 22.1 Å². The van der Waals surface area contributed by atoms with E-state index in [1.165, 1.54) is 33.6 Å². The van der Waals surface area contributed by atoms with Crippen molar-refractivity contribution in [1.82, 2.24) is 4.98 Å². The average molecular weight is 233 g/mol. The number of hydrogen-bond acceptors (Lipinski definition) is 3. The molecule has 2 rings (SSSR count). The molecule has 0 radical (unpaired) electrons. The van der Waals surface area contributed by atoms with Gasteiger partial charge in [0.15, 0.2) is 0 Å². The van der Waals surface area contributed by atoms with Crippen LogP contribution in [0.3, 0.4) is 0 Å². The Morgan fingerprint density at radius 2 is 1.88 bits per heavy atom. The zero-order valence-corrected chi connectivity index (χ0v) is 10.8. The van der Waals surface area contributed by atoms with Crippen molar-refractivity contribution in [2.24, 2.45) is 0 Å². The van der Waals surface area contributed by atoms with Crippen LogP contribution in [0.15, 0.2) is 17.5 Å². The number of aromatic nitrogens is 1. The van der Waals surface area contributed by atoms with E-state index in [9.17, 15) is 0 Å². The summed E-state index contributed by atoms with van der Waals surface area (Å²) >= 11 is 1.53. The fraction of sp³-hybridized carbons (Fsp3) is 0.308. The molecule has 2 aromatic rings. The van der Waals surface area contributed by atoms with Gasteiger partial charge in [-0.1, -0.05) is 23.5 Å². The quantitative estimate of drug-likeness (QED) is 0.788. The zero-order valence-electron chi connectivity index (χ0n) is 10.00. The van der Waals surface area contributed by atoms with Gasteiger partial charge in [-0.3, -0.25) is 0 Å². The fourth-order valence-corrected chi connectivity index (χ4v) is 2.35. The lowest BCUT2D eigenvalue weighted by atomic mass is 9.97. The van der Waals surface area contributed by atoms with Gasteiger partial charge in [0, 0.05) is 10.9 Å². The molecule has 0 N–H and O–H groups in total. The van der Waals surface area contributed by atoms with Crippen LogP contribution in [0.1, 0.15) is 16.7 Å². The number of rotatable bonds is 2. The van der Waals surface area contributed by atoms with Crippen LogP contribution >= 0.6 is 11.3 Å². The van der Waals surface area contributed by atoms with Crippen molar-refractivity contribution in [1.29, 1.82) is 0 Å². The van der Waals surface area contributed by atoms with Crippen LogP contribution in [0.2, 0.25) is 0 Å². The maximum absolute atomic E-state index is 5.12. The van der Waals surface area contributed by atoms with E-state index in [0.29, 0.717) is 5.19 Å². The maximum Gasteiger partial charge on any atom is 0.273 e. The number of methoxy groups -OCH3 is 1. The molecule has 0 aliphatic rings. The van der Waals surface area contributed by atoms with E-state index >= 15 is 0 Å². The Morgan fingerprint density at radius 3 is 2.50 bits per heavy atom. The molecule has 0 fully saturated rings. The van der Waals surface area contributed by atoms with E-state index in [4.69, 9.17) is 4.74 Å². The van der Waals surface area contributed by atoms with Gasteiger partial charge in [-0.15, -0.1) is 0 Å². The van der Waals surface area contributed by atoms with E-state index in [1.54, 1.807) is 7.11 Å². The van der Waals surface area contributed by atoms with Crippen LogP contribution in [0.5, 0.6) is 5.19 Å². The van der Waals surface area contributed by atoms with Gasteiger partial charge in [0.2, 0.25) is 0 Å².